The molecule has 0 radical (unpaired) electrons. The van der Waals surface area contributed by atoms with Gasteiger partial charge in [-0.25, -0.2) is 5.43 Å². The molecule has 0 bridgehead atoms. The number of benzene rings is 2. The number of fused-ring (bicyclic) bond motifs is 2. The first-order chi connectivity index (χ1) is 17.1. The van der Waals surface area contributed by atoms with Crippen LogP contribution in [-0.2, 0) is 16.0 Å². The lowest BCUT2D eigenvalue weighted by molar-refractivity contribution is -0.142. The lowest BCUT2D eigenvalue weighted by atomic mass is 9.90. The molecule has 0 aromatic heterocycles. The molecule has 4 aliphatic rings. The monoisotopic (exact) mass is 474 g/mol. The molecule has 2 aromatic carbocycles. The summed E-state index contributed by atoms with van der Waals surface area (Å²) in [6.07, 6.45) is 7.26. The van der Waals surface area contributed by atoms with Crippen molar-refractivity contribution in [3.8, 4) is 11.5 Å². The van der Waals surface area contributed by atoms with Gasteiger partial charge in [-0.15, -0.1) is 0 Å². The smallest absolute Gasteiger partial charge is 0.251 e. The van der Waals surface area contributed by atoms with Crippen molar-refractivity contribution >= 4 is 11.8 Å². The van der Waals surface area contributed by atoms with Crippen molar-refractivity contribution < 1.29 is 19.1 Å². The van der Waals surface area contributed by atoms with Crippen molar-refractivity contribution in [1.82, 2.24) is 20.2 Å². The summed E-state index contributed by atoms with van der Waals surface area (Å²) in [5, 5.41) is 1.85. The highest BCUT2D eigenvalue weighted by molar-refractivity contribution is 5.89. The molecule has 2 atom stereocenters. The van der Waals surface area contributed by atoms with Gasteiger partial charge in [-0.05, 0) is 54.9 Å². The molecule has 1 N–H and O–H groups in total. The van der Waals surface area contributed by atoms with Crippen molar-refractivity contribution in [2.45, 2.75) is 37.8 Å². The Balaban J connectivity index is 1.03. The first-order valence-corrected chi connectivity index (χ1v) is 12.4. The average Bonchev–Trinajstić information content (AvgIpc) is 3.54. The van der Waals surface area contributed by atoms with Gasteiger partial charge < -0.3 is 24.3 Å². The molecule has 182 valence electrons. The molecular weight excluding hydrogens is 444 g/mol. The van der Waals surface area contributed by atoms with Gasteiger partial charge in [0, 0.05) is 25.5 Å². The van der Waals surface area contributed by atoms with Gasteiger partial charge in [-0.3, -0.25) is 9.59 Å². The van der Waals surface area contributed by atoms with Gasteiger partial charge in [0.05, 0.1) is 6.04 Å². The highest BCUT2D eigenvalue weighted by Gasteiger charge is 2.41. The van der Waals surface area contributed by atoms with Crippen LogP contribution < -0.4 is 14.9 Å². The number of ether oxygens (including phenoxy) is 2. The van der Waals surface area contributed by atoms with Crippen LogP contribution in [0.4, 0.5) is 0 Å². The van der Waals surface area contributed by atoms with Crippen molar-refractivity contribution in [3.05, 3.63) is 72.1 Å². The third kappa shape index (κ3) is 4.46. The Morgan fingerprint density at radius 2 is 1.80 bits per heavy atom. The number of hydrogen-bond donors (Lipinski definition) is 1. The van der Waals surface area contributed by atoms with E-state index in [2.05, 4.69) is 29.7 Å². The minimum absolute atomic E-state index is 0.0117. The summed E-state index contributed by atoms with van der Waals surface area (Å²) in [6, 6.07) is 16.1. The fraction of sp³-hybridized carbons (Fsp3) is 0.407. The molecule has 2 unspecified atom stereocenters. The Bertz CT molecular complexity index is 1130. The third-order valence-corrected chi connectivity index (χ3v) is 7.51. The summed E-state index contributed by atoms with van der Waals surface area (Å²) in [4.78, 5) is 29.7. The lowest BCUT2D eigenvalue weighted by Gasteiger charge is -2.35. The van der Waals surface area contributed by atoms with Crippen LogP contribution in [0.5, 0.6) is 11.5 Å². The molecule has 2 amide bonds. The normalized spacial score (nSPS) is 23.7. The van der Waals surface area contributed by atoms with Crippen LogP contribution in [0.15, 0.2) is 60.9 Å². The quantitative estimate of drug-likeness (QED) is 0.719. The molecular formula is C27H30N4O4. The van der Waals surface area contributed by atoms with E-state index in [9.17, 15) is 9.59 Å². The van der Waals surface area contributed by atoms with Gasteiger partial charge in [-0.1, -0.05) is 36.4 Å². The molecule has 2 fully saturated rings. The second-order valence-electron chi connectivity index (χ2n) is 9.73. The Kier molecular flexibility index (Phi) is 5.82. The second-order valence-corrected chi connectivity index (χ2v) is 9.73. The average molecular weight is 475 g/mol. The summed E-state index contributed by atoms with van der Waals surface area (Å²) in [7, 11) is 0. The maximum Gasteiger partial charge on any atom is 0.251 e. The number of nitrogens with one attached hydrogen (secondary N) is 1. The number of piperidine rings is 1. The Labute approximate surface area is 205 Å². The van der Waals surface area contributed by atoms with E-state index in [0.717, 1.165) is 49.4 Å². The summed E-state index contributed by atoms with van der Waals surface area (Å²) < 4.78 is 10.9. The summed E-state index contributed by atoms with van der Waals surface area (Å²) in [5.41, 5.74) is 5.80. The Morgan fingerprint density at radius 3 is 2.63 bits per heavy atom. The van der Waals surface area contributed by atoms with Crippen molar-refractivity contribution in [2.24, 2.45) is 5.92 Å². The summed E-state index contributed by atoms with van der Waals surface area (Å²) in [5.74, 6) is 2.05. The minimum Gasteiger partial charge on any atom is -0.454 e. The van der Waals surface area contributed by atoms with Crippen LogP contribution >= 0.6 is 0 Å². The molecule has 8 heteroatoms. The topological polar surface area (TPSA) is 74.4 Å². The molecule has 0 spiro atoms. The van der Waals surface area contributed by atoms with Crippen molar-refractivity contribution in [3.63, 3.8) is 0 Å². The van der Waals surface area contributed by atoms with Crippen molar-refractivity contribution in [1.29, 1.82) is 0 Å². The van der Waals surface area contributed by atoms with Crippen LogP contribution in [0.3, 0.4) is 0 Å². The SMILES string of the molecule is O=C1C2CC(c3ccc4c(c3)OCO4)NN2C=CN1CC(=O)N1CCC(Cc2ccccc2)CC1. The largest absolute Gasteiger partial charge is 0.454 e. The maximum atomic E-state index is 13.2. The Morgan fingerprint density at radius 1 is 1.00 bits per heavy atom. The van der Waals surface area contributed by atoms with Crippen LogP contribution in [0, 0.1) is 5.92 Å². The first kappa shape index (κ1) is 22.0. The molecule has 2 saturated heterocycles. The van der Waals surface area contributed by atoms with E-state index in [1.54, 1.807) is 11.1 Å². The molecule has 35 heavy (non-hydrogen) atoms. The summed E-state index contributed by atoms with van der Waals surface area (Å²) in [6.45, 7) is 1.84. The predicted octanol–water partition coefficient (Wildman–Crippen LogP) is 2.83. The zero-order valence-corrected chi connectivity index (χ0v) is 19.6. The zero-order valence-electron chi connectivity index (χ0n) is 19.6. The number of hydrazine groups is 1. The van der Waals surface area contributed by atoms with E-state index < -0.39 is 0 Å². The number of amides is 2. The van der Waals surface area contributed by atoms with E-state index in [1.165, 1.54) is 5.56 Å². The number of nitrogens with zero attached hydrogens (tertiary/aromatic N) is 3. The number of carbonyl (C=O) groups is 2. The van der Waals surface area contributed by atoms with Crippen molar-refractivity contribution in [2.75, 3.05) is 26.4 Å². The zero-order chi connectivity index (χ0) is 23.8. The fourth-order valence-electron chi connectivity index (χ4n) is 5.49. The number of likely N-dealkylation sites (tertiary alicyclic amines) is 1. The molecule has 0 aliphatic carbocycles. The van der Waals surface area contributed by atoms with Gasteiger partial charge in [0.2, 0.25) is 12.7 Å². The molecule has 6 rings (SSSR count). The molecule has 2 aromatic rings. The Hall–Kier alpha value is -3.52. The number of hydrogen-bond acceptors (Lipinski definition) is 6. The lowest BCUT2D eigenvalue weighted by Crippen LogP contribution is -2.51. The van der Waals surface area contributed by atoms with Crippen LogP contribution in [0.1, 0.15) is 36.4 Å². The highest BCUT2D eigenvalue weighted by atomic mass is 16.7. The highest BCUT2D eigenvalue weighted by Crippen LogP contribution is 2.37. The van der Waals surface area contributed by atoms with Crippen LogP contribution in [0.2, 0.25) is 0 Å². The van der Waals surface area contributed by atoms with E-state index in [1.807, 2.05) is 40.4 Å². The second kappa shape index (κ2) is 9.26. The number of carbonyl (C=O) groups excluding carboxylic acids is 2. The van der Waals surface area contributed by atoms with Crippen LogP contribution in [0.25, 0.3) is 0 Å². The van der Waals surface area contributed by atoms with Gasteiger partial charge in [0.1, 0.15) is 12.6 Å². The van der Waals surface area contributed by atoms with E-state index in [-0.39, 0.29) is 37.2 Å². The predicted molar refractivity (Wildman–Crippen MR) is 129 cm³/mol. The van der Waals surface area contributed by atoms with Gasteiger partial charge in [-0.2, -0.15) is 0 Å². The number of rotatable bonds is 5. The maximum absolute atomic E-state index is 13.2. The van der Waals surface area contributed by atoms with Gasteiger partial charge in [0.15, 0.2) is 11.5 Å². The van der Waals surface area contributed by atoms with Gasteiger partial charge >= 0.3 is 0 Å². The first-order valence-electron chi connectivity index (χ1n) is 12.4. The molecule has 0 saturated carbocycles. The summed E-state index contributed by atoms with van der Waals surface area (Å²) >= 11 is 0. The van der Waals surface area contributed by atoms with E-state index in [0.29, 0.717) is 12.3 Å². The molecule has 4 aliphatic heterocycles. The molecule has 8 nitrogen and oxygen atoms in total. The fourth-order valence-corrected chi connectivity index (χ4v) is 5.49. The van der Waals surface area contributed by atoms with Crippen LogP contribution in [-0.4, -0.2) is 59.1 Å². The van der Waals surface area contributed by atoms with E-state index in [4.69, 9.17) is 9.47 Å². The van der Waals surface area contributed by atoms with E-state index >= 15 is 0 Å². The molecule has 4 heterocycles. The van der Waals surface area contributed by atoms with Gasteiger partial charge in [0.25, 0.3) is 5.91 Å². The standard InChI is InChI=1S/C27H30N4O4/c32-26(29-10-8-20(9-11-29)14-19-4-2-1-3-5-19)17-30-12-13-31-23(27(30)33)16-22(28-31)21-6-7-24-25(15-21)35-18-34-24/h1-7,12-13,15,20,22-23,28H,8-11,14,16-18H2. The third-order valence-electron chi connectivity index (χ3n) is 7.51. The minimum atomic E-state index is -0.333.